The van der Waals surface area contributed by atoms with Crippen LogP contribution in [0.2, 0.25) is 0 Å². The molecular weight excluding hydrogens is 328 g/mol. The fourth-order valence-electron chi connectivity index (χ4n) is 3.00. The van der Waals surface area contributed by atoms with Crippen molar-refractivity contribution in [3.05, 3.63) is 29.8 Å². The molecule has 1 heterocycles. The van der Waals surface area contributed by atoms with E-state index in [4.69, 9.17) is 4.74 Å². The summed E-state index contributed by atoms with van der Waals surface area (Å²) in [6.45, 7) is 2.78. The average molecular weight is 354 g/mol. The molecular formula is C17H26N2O4S. The molecule has 1 aliphatic heterocycles. The quantitative estimate of drug-likeness (QED) is 0.847. The van der Waals surface area contributed by atoms with E-state index in [0.717, 1.165) is 24.2 Å². The molecule has 1 saturated heterocycles. The number of carbonyl (C=O) groups excluding carboxylic acids is 1. The molecule has 0 aliphatic carbocycles. The van der Waals surface area contributed by atoms with Crippen molar-refractivity contribution >= 4 is 15.9 Å². The Balaban J connectivity index is 2.03. The van der Waals surface area contributed by atoms with Crippen LogP contribution >= 0.6 is 0 Å². The molecule has 0 radical (unpaired) electrons. The number of carbonyl (C=O) groups is 1. The first-order valence-corrected chi connectivity index (χ1v) is 10.1. The van der Waals surface area contributed by atoms with E-state index in [9.17, 15) is 13.2 Å². The van der Waals surface area contributed by atoms with Crippen LogP contribution in [0, 0.1) is 5.92 Å². The number of methoxy groups -OCH3 is 1. The van der Waals surface area contributed by atoms with E-state index in [1.54, 1.807) is 7.11 Å². The zero-order valence-corrected chi connectivity index (χ0v) is 15.3. The number of nitrogens with one attached hydrogen (secondary N) is 1. The summed E-state index contributed by atoms with van der Waals surface area (Å²) in [7, 11) is -1.63. The Labute approximate surface area is 144 Å². The Morgan fingerprint density at radius 3 is 2.58 bits per heavy atom. The smallest absolute Gasteiger partial charge is 0.224 e. The molecule has 6 nitrogen and oxygen atoms in total. The summed E-state index contributed by atoms with van der Waals surface area (Å²) in [5, 5.41) is 3.06. The Morgan fingerprint density at radius 1 is 1.38 bits per heavy atom. The van der Waals surface area contributed by atoms with E-state index in [1.165, 1.54) is 10.6 Å². The maximum absolute atomic E-state index is 12.6. The number of sulfonamides is 1. The third-order valence-electron chi connectivity index (χ3n) is 4.47. The van der Waals surface area contributed by atoms with E-state index in [0.29, 0.717) is 13.0 Å². The van der Waals surface area contributed by atoms with Crippen molar-refractivity contribution in [1.82, 2.24) is 9.62 Å². The number of amides is 1. The Kier molecular flexibility index (Phi) is 6.23. The minimum atomic E-state index is -3.25. The van der Waals surface area contributed by atoms with Gasteiger partial charge in [0.15, 0.2) is 0 Å². The van der Waals surface area contributed by atoms with Gasteiger partial charge >= 0.3 is 0 Å². The Bertz CT molecular complexity index is 658. The largest absolute Gasteiger partial charge is 0.497 e. The van der Waals surface area contributed by atoms with Crippen LogP contribution in [0.3, 0.4) is 0 Å². The van der Waals surface area contributed by atoms with Gasteiger partial charge in [-0.25, -0.2) is 12.7 Å². The summed E-state index contributed by atoms with van der Waals surface area (Å²) in [6.07, 6.45) is 3.39. The van der Waals surface area contributed by atoms with Crippen LogP contribution in [0.5, 0.6) is 5.75 Å². The van der Waals surface area contributed by atoms with Crippen LogP contribution in [0.1, 0.15) is 37.8 Å². The summed E-state index contributed by atoms with van der Waals surface area (Å²) in [4.78, 5) is 12.6. The van der Waals surface area contributed by atoms with Crippen molar-refractivity contribution in [2.75, 3.05) is 26.5 Å². The summed E-state index contributed by atoms with van der Waals surface area (Å²) in [5.74, 6) is 0.405. The lowest BCUT2D eigenvalue weighted by Crippen LogP contribution is -2.45. The molecule has 1 N–H and O–H groups in total. The van der Waals surface area contributed by atoms with Crippen molar-refractivity contribution in [1.29, 1.82) is 0 Å². The summed E-state index contributed by atoms with van der Waals surface area (Å²) in [6, 6.07) is 7.54. The molecule has 2 rings (SSSR count). The third kappa shape index (κ3) is 4.70. The highest BCUT2D eigenvalue weighted by Gasteiger charge is 2.31. The third-order valence-corrected chi connectivity index (χ3v) is 5.74. The highest BCUT2D eigenvalue weighted by molar-refractivity contribution is 7.88. The van der Waals surface area contributed by atoms with Crippen LogP contribution in [-0.4, -0.2) is 45.1 Å². The normalized spacial score (nSPS) is 20.4. The Hall–Kier alpha value is -1.60. The zero-order valence-electron chi connectivity index (χ0n) is 14.5. The fourth-order valence-corrected chi connectivity index (χ4v) is 3.92. The molecule has 1 amide bonds. The summed E-state index contributed by atoms with van der Waals surface area (Å²) >= 11 is 0. The first kappa shape index (κ1) is 18.7. The topological polar surface area (TPSA) is 75.7 Å². The number of hydrogen-bond donors (Lipinski definition) is 1. The second-order valence-corrected chi connectivity index (χ2v) is 8.19. The van der Waals surface area contributed by atoms with Gasteiger partial charge in [0.1, 0.15) is 5.75 Å². The fraction of sp³-hybridized carbons (Fsp3) is 0.588. The Morgan fingerprint density at radius 2 is 2.04 bits per heavy atom. The molecule has 1 fully saturated rings. The van der Waals surface area contributed by atoms with Gasteiger partial charge in [0.25, 0.3) is 0 Å². The predicted octanol–water partition coefficient (Wildman–Crippen LogP) is 1.93. The standard InChI is InChI=1S/C17H26N2O4S/c1-4-16(13-7-9-15(23-2)10-8-13)18-17(20)14-6-5-11-19(12-14)24(3,21)22/h7-10,14,16H,4-6,11-12H2,1-3H3,(H,18,20)/t14-,16-/m0/s1. The monoisotopic (exact) mass is 354 g/mol. The number of piperidine rings is 1. The van der Waals surface area contributed by atoms with Gasteiger partial charge in [0, 0.05) is 13.1 Å². The van der Waals surface area contributed by atoms with Gasteiger partial charge in [-0.3, -0.25) is 4.79 Å². The zero-order chi connectivity index (χ0) is 17.7. The van der Waals surface area contributed by atoms with Gasteiger partial charge < -0.3 is 10.1 Å². The predicted molar refractivity (Wildman–Crippen MR) is 93.3 cm³/mol. The van der Waals surface area contributed by atoms with Crippen LogP contribution in [0.25, 0.3) is 0 Å². The minimum absolute atomic E-state index is 0.0778. The van der Waals surface area contributed by atoms with Crippen LogP contribution < -0.4 is 10.1 Å². The number of benzene rings is 1. The van der Waals surface area contributed by atoms with Crippen LogP contribution in [0.15, 0.2) is 24.3 Å². The van der Waals surface area contributed by atoms with Gasteiger partial charge in [-0.2, -0.15) is 0 Å². The van der Waals surface area contributed by atoms with Crippen molar-refractivity contribution < 1.29 is 17.9 Å². The molecule has 1 aromatic rings. The molecule has 0 aromatic heterocycles. The lowest BCUT2D eigenvalue weighted by Gasteiger charge is -2.31. The van der Waals surface area contributed by atoms with Crippen molar-refractivity contribution in [2.24, 2.45) is 5.92 Å². The minimum Gasteiger partial charge on any atom is -0.497 e. The van der Waals surface area contributed by atoms with Crippen LogP contribution in [-0.2, 0) is 14.8 Å². The summed E-state index contributed by atoms with van der Waals surface area (Å²) in [5.41, 5.74) is 1.02. The van der Waals surface area contributed by atoms with Crippen molar-refractivity contribution in [3.63, 3.8) is 0 Å². The number of ether oxygens (including phenoxy) is 1. The second-order valence-electron chi connectivity index (χ2n) is 6.20. The van der Waals surface area contributed by atoms with Crippen molar-refractivity contribution in [3.8, 4) is 5.75 Å². The van der Waals surface area contributed by atoms with E-state index in [-0.39, 0.29) is 24.4 Å². The molecule has 0 spiro atoms. The average Bonchev–Trinajstić information content (AvgIpc) is 2.59. The SMILES string of the molecule is CC[C@H](NC(=O)[C@H]1CCCN(S(C)(=O)=O)C1)c1ccc(OC)cc1. The molecule has 0 bridgehead atoms. The maximum Gasteiger partial charge on any atom is 0.224 e. The summed E-state index contributed by atoms with van der Waals surface area (Å²) < 4.78 is 29.9. The first-order valence-electron chi connectivity index (χ1n) is 8.24. The lowest BCUT2D eigenvalue weighted by molar-refractivity contribution is -0.126. The van der Waals surface area contributed by atoms with Crippen molar-refractivity contribution in [2.45, 2.75) is 32.2 Å². The maximum atomic E-state index is 12.6. The van der Waals surface area contributed by atoms with E-state index < -0.39 is 10.0 Å². The highest BCUT2D eigenvalue weighted by atomic mass is 32.2. The number of hydrogen-bond acceptors (Lipinski definition) is 4. The molecule has 0 unspecified atom stereocenters. The number of nitrogens with zero attached hydrogens (tertiary/aromatic N) is 1. The molecule has 134 valence electrons. The van der Waals surface area contributed by atoms with E-state index in [2.05, 4.69) is 5.32 Å². The molecule has 2 atom stereocenters. The van der Waals surface area contributed by atoms with Gasteiger partial charge in [-0.05, 0) is 37.0 Å². The van der Waals surface area contributed by atoms with Gasteiger partial charge in [-0.15, -0.1) is 0 Å². The molecule has 1 aromatic carbocycles. The molecule has 0 saturated carbocycles. The van der Waals surface area contributed by atoms with Gasteiger partial charge in [0.2, 0.25) is 15.9 Å². The van der Waals surface area contributed by atoms with Gasteiger partial charge in [0.05, 0.1) is 25.3 Å². The number of rotatable bonds is 6. The van der Waals surface area contributed by atoms with Crippen LogP contribution in [0.4, 0.5) is 0 Å². The first-order chi connectivity index (χ1) is 11.3. The van der Waals surface area contributed by atoms with E-state index >= 15 is 0 Å². The molecule has 1 aliphatic rings. The second kappa shape index (κ2) is 7.98. The molecule has 24 heavy (non-hydrogen) atoms. The van der Waals surface area contributed by atoms with E-state index in [1.807, 2.05) is 31.2 Å². The van der Waals surface area contributed by atoms with Gasteiger partial charge in [-0.1, -0.05) is 19.1 Å². The lowest BCUT2D eigenvalue weighted by atomic mass is 9.97. The highest BCUT2D eigenvalue weighted by Crippen LogP contribution is 2.23. The molecule has 7 heteroatoms.